The van der Waals surface area contributed by atoms with Gasteiger partial charge in [0.15, 0.2) is 0 Å². The van der Waals surface area contributed by atoms with Gasteiger partial charge in [0.1, 0.15) is 0 Å². The van der Waals surface area contributed by atoms with Gasteiger partial charge in [-0.1, -0.05) is 26.7 Å². The molecule has 2 nitrogen and oxygen atoms in total. The molecule has 1 saturated heterocycles. The van der Waals surface area contributed by atoms with Crippen LogP contribution in [0.4, 0.5) is 0 Å². The molecule has 0 saturated carbocycles. The summed E-state index contributed by atoms with van der Waals surface area (Å²) in [6.45, 7) is 10.7. The molecule has 16 heavy (non-hydrogen) atoms. The summed E-state index contributed by atoms with van der Waals surface area (Å²) in [5.74, 6) is 0. The van der Waals surface area contributed by atoms with Crippen LogP contribution in [0.1, 0.15) is 59.3 Å². The summed E-state index contributed by atoms with van der Waals surface area (Å²) in [4.78, 5) is 2.69. The molecule has 0 aromatic carbocycles. The van der Waals surface area contributed by atoms with Crippen molar-refractivity contribution >= 4 is 0 Å². The molecule has 0 aromatic heterocycles. The lowest BCUT2D eigenvalue weighted by atomic mass is 10.0. The van der Waals surface area contributed by atoms with Crippen LogP contribution in [0.25, 0.3) is 0 Å². The first-order valence-corrected chi connectivity index (χ1v) is 7.25. The number of unbranched alkanes of at least 4 members (excludes halogenated alkanes) is 1. The molecule has 1 aliphatic rings. The minimum atomic E-state index is 0.746. The van der Waals surface area contributed by atoms with E-state index >= 15 is 0 Å². The van der Waals surface area contributed by atoms with E-state index in [9.17, 15) is 0 Å². The molecule has 0 amide bonds. The Balaban J connectivity index is 2.34. The van der Waals surface area contributed by atoms with Crippen LogP contribution in [0.2, 0.25) is 0 Å². The predicted molar refractivity (Wildman–Crippen MR) is 71.9 cm³/mol. The van der Waals surface area contributed by atoms with Crippen LogP contribution in [0.15, 0.2) is 0 Å². The van der Waals surface area contributed by atoms with Gasteiger partial charge in [0.25, 0.3) is 0 Å². The molecule has 1 heterocycles. The molecular formula is C14H30N2. The van der Waals surface area contributed by atoms with Gasteiger partial charge in [0, 0.05) is 18.6 Å². The SMILES string of the molecule is CCCCN(CC1CCCCN1)C(C)CC. The number of hydrogen-bond donors (Lipinski definition) is 1. The van der Waals surface area contributed by atoms with Crippen molar-refractivity contribution < 1.29 is 0 Å². The normalized spacial score (nSPS) is 23.6. The molecule has 0 radical (unpaired) electrons. The summed E-state index contributed by atoms with van der Waals surface area (Å²) in [6.07, 6.45) is 8.09. The quantitative estimate of drug-likeness (QED) is 0.718. The van der Waals surface area contributed by atoms with Crippen molar-refractivity contribution in [3.05, 3.63) is 0 Å². The number of piperidine rings is 1. The molecule has 0 spiro atoms. The van der Waals surface area contributed by atoms with Gasteiger partial charge in [-0.15, -0.1) is 0 Å². The summed E-state index contributed by atoms with van der Waals surface area (Å²) in [5, 5.41) is 3.66. The molecule has 1 N–H and O–H groups in total. The maximum absolute atomic E-state index is 3.66. The van der Waals surface area contributed by atoms with Crippen molar-refractivity contribution in [1.82, 2.24) is 10.2 Å². The van der Waals surface area contributed by atoms with Gasteiger partial charge in [-0.05, 0) is 45.7 Å². The largest absolute Gasteiger partial charge is 0.313 e. The minimum Gasteiger partial charge on any atom is -0.313 e. The maximum atomic E-state index is 3.66. The molecule has 96 valence electrons. The molecule has 1 aliphatic heterocycles. The van der Waals surface area contributed by atoms with E-state index in [-0.39, 0.29) is 0 Å². The lowest BCUT2D eigenvalue weighted by Crippen LogP contribution is -2.46. The summed E-state index contributed by atoms with van der Waals surface area (Å²) < 4.78 is 0. The number of hydrogen-bond acceptors (Lipinski definition) is 2. The molecular weight excluding hydrogens is 196 g/mol. The van der Waals surface area contributed by atoms with E-state index in [2.05, 4.69) is 31.0 Å². The van der Waals surface area contributed by atoms with Gasteiger partial charge < -0.3 is 5.32 Å². The monoisotopic (exact) mass is 226 g/mol. The number of nitrogens with one attached hydrogen (secondary N) is 1. The summed E-state index contributed by atoms with van der Waals surface area (Å²) >= 11 is 0. The van der Waals surface area contributed by atoms with E-state index < -0.39 is 0 Å². The average molecular weight is 226 g/mol. The fraction of sp³-hybridized carbons (Fsp3) is 1.00. The van der Waals surface area contributed by atoms with Crippen LogP contribution >= 0.6 is 0 Å². The van der Waals surface area contributed by atoms with E-state index in [0.717, 1.165) is 12.1 Å². The molecule has 0 aliphatic carbocycles. The third kappa shape index (κ3) is 4.84. The number of nitrogens with zero attached hydrogens (tertiary/aromatic N) is 1. The zero-order chi connectivity index (χ0) is 11.8. The molecule has 0 bridgehead atoms. The van der Waals surface area contributed by atoms with E-state index in [0.29, 0.717) is 0 Å². The van der Waals surface area contributed by atoms with E-state index in [1.165, 1.54) is 58.2 Å². The van der Waals surface area contributed by atoms with E-state index in [1.54, 1.807) is 0 Å². The van der Waals surface area contributed by atoms with Crippen LogP contribution in [-0.2, 0) is 0 Å². The zero-order valence-corrected chi connectivity index (χ0v) is 11.5. The fourth-order valence-corrected chi connectivity index (χ4v) is 2.47. The van der Waals surface area contributed by atoms with Crippen molar-refractivity contribution in [2.24, 2.45) is 0 Å². The average Bonchev–Trinajstić information content (AvgIpc) is 2.34. The van der Waals surface area contributed by atoms with Crippen LogP contribution in [-0.4, -0.2) is 36.6 Å². The Morgan fingerprint density at radius 3 is 2.69 bits per heavy atom. The first kappa shape index (κ1) is 14.0. The van der Waals surface area contributed by atoms with Crippen LogP contribution in [0.3, 0.4) is 0 Å². The van der Waals surface area contributed by atoms with Crippen molar-refractivity contribution in [1.29, 1.82) is 0 Å². The van der Waals surface area contributed by atoms with Crippen molar-refractivity contribution in [3.63, 3.8) is 0 Å². The highest BCUT2D eigenvalue weighted by molar-refractivity contribution is 4.78. The summed E-state index contributed by atoms with van der Waals surface area (Å²) in [7, 11) is 0. The van der Waals surface area contributed by atoms with Gasteiger partial charge in [-0.25, -0.2) is 0 Å². The second-order valence-corrected chi connectivity index (χ2v) is 5.25. The lowest BCUT2D eigenvalue weighted by molar-refractivity contribution is 0.169. The first-order valence-electron chi connectivity index (χ1n) is 7.25. The Hall–Kier alpha value is -0.0800. The van der Waals surface area contributed by atoms with Crippen molar-refractivity contribution in [2.45, 2.75) is 71.4 Å². The Labute approximate surface area is 102 Å². The van der Waals surface area contributed by atoms with E-state index in [4.69, 9.17) is 0 Å². The first-order chi connectivity index (χ1) is 7.77. The van der Waals surface area contributed by atoms with Gasteiger partial charge in [0.05, 0.1) is 0 Å². The molecule has 0 aromatic rings. The molecule has 2 unspecified atom stereocenters. The molecule has 1 rings (SSSR count). The summed E-state index contributed by atoms with van der Waals surface area (Å²) in [6, 6.07) is 1.50. The highest BCUT2D eigenvalue weighted by Crippen LogP contribution is 2.12. The molecule has 1 fully saturated rings. The maximum Gasteiger partial charge on any atom is 0.0195 e. The van der Waals surface area contributed by atoms with Crippen LogP contribution in [0.5, 0.6) is 0 Å². The molecule has 2 heteroatoms. The Morgan fingerprint density at radius 1 is 1.31 bits per heavy atom. The third-order valence-corrected chi connectivity index (χ3v) is 3.88. The van der Waals surface area contributed by atoms with Gasteiger partial charge in [-0.2, -0.15) is 0 Å². The fourth-order valence-electron chi connectivity index (χ4n) is 2.47. The van der Waals surface area contributed by atoms with Crippen LogP contribution in [0, 0.1) is 0 Å². The third-order valence-electron chi connectivity index (χ3n) is 3.88. The Morgan fingerprint density at radius 2 is 2.12 bits per heavy atom. The minimum absolute atomic E-state index is 0.746. The van der Waals surface area contributed by atoms with Crippen molar-refractivity contribution in [2.75, 3.05) is 19.6 Å². The second kappa shape index (κ2) is 8.08. The topological polar surface area (TPSA) is 15.3 Å². The van der Waals surface area contributed by atoms with Crippen molar-refractivity contribution in [3.8, 4) is 0 Å². The smallest absolute Gasteiger partial charge is 0.0195 e. The van der Waals surface area contributed by atoms with Gasteiger partial charge in [0.2, 0.25) is 0 Å². The highest BCUT2D eigenvalue weighted by Gasteiger charge is 2.18. The summed E-state index contributed by atoms with van der Waals surface area (Å²) in [5.41, 5.74) is 0. The Kier molecular flexibility index (Phi) is 7.06. The zero-order valence-electron chi connectivity index (χ0n) is 11.5. The van der Waals surface area contributed by atoms with Crippen LogP contribution < -0.4 is 5.32 Å². The predicted octanol–water partition coefficient (Wildman–Crippen LogP) is 3.03. The van der Waals surface area contributed by atoms with Gasteiger partial charge in [-0.3, -0.25) is 4.90 Å². The van der Waals surface area contributed by atoms with Gasteiger partial charge >= 0.3 is 0 Å². The Bertz CT molecular complexity index is 164. The number of rotatable bonds is 7. The highest BCUT2D eigenvalue weighted by atomic mass is 15.2. The molecule has 2 atom stereocenters. The van der Waals surface area contributed by atoms with E-state index in [1.807, 2.05) is 0 Å². The lowest BCUT2D eigenvalue weighted by Gasteiger charge is -2.34. The second-order valence-electron chi connectivity index (χ2n) is 5.25. The standard InChI is InChI=1S/C14H30N2/c1-4-6-11-16(13(3)5-2)12-14-9-7-8-10-15-14/h13-15H,4-12H2,1-3H3.